The zero-order valence-corrected chi connectivity index (χ0v) is 13.0. The molecule has 2 aromatic heterocycles. The number of rotatable bonds is 3. The van der Waals surface area contributed by atoms with Crippen molar-refractivity contribution in [2.24, 2.45) is 7.05 Å². The molecule has 0 radical (unpaired) electrons. The Balaban J connectivity index is 2.53. The lowest BCUT2D eigenvalue weighted by molar-refractivity contribution is -0.385. The summed E-state index contributed by atoms with van der Waals surface area (Å²) < 4.78 is 2.85. The van der Waals surface area contributed by atoms with Crippen LogP contribution in [0.1, 0.15) is 11.3 Å². The van der Waals surface area contributed by atoms with Gasteiger partial charge in [-0.05, 0) is 22.9 Å². The van der Waals surface area contributed by atoms with Crippen LogP contribution in [0.5, 0.6) is 0 Å². The third kappa shape index (κ3) is 2.61. The summed E-state index contributed by atoms with van der Waals surface area (Å²) in [6, 6.07) is 1.18. The van der Waals surface area contributed by atoms with Gasteiger partial charge in [0.1, 0.15) is 5.15 Å². The van der Waals surface area contributed by atoms with Gasteiger partial charge in [0.25, 0.3) is 11.2 Å². The monoisotopic (exact) mass is 360 g/mol. The fraction of sp³-hybridized carbons (Fsp3) is 0.273. The molecule has 2 heterocycles. The molecular weight excluding hydrogens is 352 g/mol. The van der Waals surface area contributed by atoms with Gasteiger partial charge in [0.05, 0.1) is 27.8 Å². The Bertz CT molecular complexity index is 753. The summed E-state index contributed by atoms with van der Waals surface area (Å²) in [6.07, 6.45) is 1.19. The Kier molecular flexibility index (Phi) is 3.96. The summed E-state index contributed by atoms with van der Waals surface area (Å²) >= 11 is 9.13. The van der Waals surface area contributed by atoms with Crippen LogP contribution < -0.4 is 5.56 Å². The van der Waals surface area contributed by atoms with Crippen molar-refractivity contribution >= 4 is 33.2 Å². The fourth-order valence-electron chi connectivity index (χ4n) is 1.83. The highest BCUT2D eigenvalue weighted by Crippen LogP contribution is 2.21. The molecule has 0 aromatic carbocycles. The molecule has 7 nitrogen and oxygen atoms in total. The van der Waals surface area contributed by atoms with Crippen LogP contribution >= 0.6 is 27.5 Å². The molecule has 0 spiro atoms. The number of nitro groups is 1. The Labute approximate surface area is 127 Å². The van der Waals surface area contributed by atoms with Gasteiger partial charge in [-0.2, -0.15) is 5.10 Å². The van der Waals surface area contributed by atoms with Crippen LogP contribution in [0.3, 0.4) is 0 Å². The smallest absolute Gasteiger partial charge is 0.286 e. The van der Waals surface area contributed by atoms with Crippen molar-refractivity contribution < 1.29 is 4.92 Å². The molecule has 0 atom stereocenters. The van der Waals surface area contributed by atoms with Crippen molar-refractivity contribution in [1.29, 1.82) is 0 Å². The van der Waals surface area contributed by atoms with Crippen LogP contribution in [0.15, 0.2) is 21.5 Å². The van der Waals surface area contributed by atoms with Crippen LogP contribution in [0.2, 0.25) is 5.15 Å². The number of aromatic nitrogens is 3. The fourth-order valence-corrected chi connectivity index (χ4v) is 2.52. The van der Waals surface area contributed by atoms with Crippen molar-refractivity contribution in [3.63, 3.8) is 0 Å². The quantitative estimate of drug-likeness (QED) is 0.620. The molecule has 0 aliphatic heterocycles. The van der Waals surface area contributed by atoms with E-state index >= 15 is 0 Å². The van der Waals surface area contributed by atoms with Gasteiger partial charge >= 0.3 is 0 Å². The first kappa shape index (κ1) is 14.7. The second-order valence-corrected chi connectivity index (χ2v) is 5.43. The van der Waals surface area contributed by atoms with Gasteiger partial charge in [0.15, 0.2) is 0 Å². The molecule has 0 saturated carbocycles. The Morgan fingerprint density at radius 2 is 2.20 bits per heavy atom. The predicted octanol–water partition coefficient (Wildman–Crippen LogP) is 2.26. The SMILES string of the molecule is Cc1nn(C)c(Cl)c1Cn1cc([N+](=O)[O-])cc(Br)c1=O. The van der Waals surface area contributed by atoms with Gasteiger partial charge in [0, 0.05) is 18.7 Å². The standard InChI is InChI=1S/C11H10BrClN4O3/c1-6-8(10(13)15(2)14-6)5-16-4-7(17(19)20)3-9(12)11(16)18/h3-4H,5H2,1-2H3. The van der Waals surface area contributed by atoms with E-state index in [9.17, 15) is 14.9 Å². The molecule has 2 rings (SSSR count). The molecule has 0 fully saturated rings. The summed E-state index contributed by atoms with van der Waals surface area (Å²) in [5, 5.41) is 15.4. The normalized spacial score (nSPS) is 10.8. The molecule has 106 valence electrons. The maximum absolute atomic E-state index is 12.0. The number of pyridine rings is 1. The number of halogens is 2. The lowest BCUT2D eigenvalue weighted by atomic mass is 10.2. The van der Waals surface area contributed by atoms with Gasteiger partial charge < -0.3 is 4.57 Å². The topological polar surface area (TPSA) is 83.0 Å². The summed E-state index contributed by atoms with van der Waals surface area (Å²) in [4.78, 5) is 22.3. The number of aryl methyl sites for hydroxylation is 2. The lowest BCUT2D eigenvalue weighted by Crippen LogP contribution is -2.21. The van der Waals surface area contributed by atoms with Crippen molar-refractivity contribution in [2.75, 3.05) is 0 Å². The third-order valence-corrected chi connectivity index (χ3v) is 3.88. The van der Waals surface area contributed by atoms with Crippen LogP contribution in [0.4, 0.5) is 5.69 Å². The molecule has 0 amide bonds. The zero-order valence-electron chi connectivity index (χ0n) is 10.6. The lowest BCUT2D eigenvalue weighted by Gasteiger charge is -2.06. The first-order valence-corrected chi connectivity index (χ1v) is 6.70. The minimum absolute atomic E-state index is 0.123. The van der Waals surface area contributed by atoms with E-state index in [-0.39, 0.29) is 22.3 Å². The molecule has 0 saturated heterocycles. The minimum atomic E-state index is -0.557. The molecule has 0 aliphatic carbocycles. The van der Waals surface area contributed by atoms with E-state index in [4.69, 9.17) is 11.6 Å². The Morgan fingerprint density at radius 3 is 2.70 bits per heavy atom. The highest BCUT2D eigenvalue weighted by Gasteiger charge is 2.16. The van der Waals surface area contributed by atoms with E-state index in [1.807, 2.05) is 0 Å². The van der Waals surface area contributed by atoms with Crippen molar-refractivity contribution in [1.82, 2.24) is 14.3 Å². The highest BCUT2D eigenvalue weighted by atomic mass is 79.9. The molecule has 0 N–H and O–H groups in total. The van der Waals surface area contributed by atoms with Crippen molar-refractivity contribution in [2.45, 2.75) is 13.5 Å². The number of hydrogen-bond donors (Lipinski definition) is 0. The van der Waals surface area contributed by atoms with Crippen LogP contribution in [-0.4, -0.2) is 19.3 Å². The number of nitrogens with zero attached hydrogens (tertiary/aromatic N) is 4. The van der Waals surface area contributed by atoms with E-state index in [1.165, 1.54) is 21.5 Å². The van der Waals surface area contributed by atoms with E-state index in [0.29, 0.717) is 16.4 Å². The minimum Gasteiger partial charge on any atom is -0.303 e. The van der Waals surface area contributed by atoms with Gasteiger partial charge in [0.2, 0.25) is 0 Å². The molecule has 0 aliphatic rings. The first-order valence-electron chi connectivity index (χ1n) is 5.53. The van der Waals surface area contributed by atoms with Crippen molar-refractivity contribution in [3.8, 4) is 0 Å². The summed E-state index contributed by atoms with van der Waals surface area (Å²) in [6.45, 7) is 1.89. The highest BCUT2D eigenvalue weighted by molar-refractivity contribution is 9.10. The van der Waals surface area contributed by atoms with Crippen LogP contribution in [0.25, 0.3) is 0 Å². The molecule has 20 heavy (non-hydrogen) atoms. The maximum Gasteiger partial charge on any atom is 0.286 e. The summed E-state index contributed by atoms with van der Waals surface area (Å²) in [5.41, 5.74) is 0.791. The second-order valence-electron chi connectivity index (χ2n) is 4.21. The van der Waals surface area contributed by atoms with Crippen LogP contribution in [-0.2, 0) is 13.6 Å². The van der Waals surface area contributed by atoms with Gasteiger partial charge in [-0.15, -0.1) is 0 Å². The number of hydrogen-bond acceptors (Lipinski definition) is 4. The second kappa shape index (κ2) is 5.37. The van der Waals surface area contributed by atoms with Crippen LogP contribution in [0, 0.1) is 17.0 Å². The van der Waals surface area contributed by atoms with Gasteiger partial charge in [-0.3, -0.25) is 19.6 Å². The van der Waals surface area contributed by atoms with Gasteiger partial charge in [-0.1, -0.05) is 11.6 Å². The first-order chi connectivity index (χ1) is 9.31. The summed E-state index contributed by atoms with van der Waals surface area (Å²) in [5.74, 6) is 0. The van der Waals surface area contributed by atoms with E-state index < -0.39 is 4.92 Å². The largest absolute Gasteiger partial charge is 0.303 e. The molecule has 0 bridgehead atoms. The average molecular weight is 362 g/mol. The molecular formula is C11H10BrClN4O3. The van der Waals surface area contributed by atoms with Gasteiger partial charge in [-0.25, -0.2) is 0 Å². The average Bonchev–Trinajstić information content (AvgIpc) is 2.60. The molecule has 0 unspecified atom stereocenters. The zero-order chi connectivity index (χ0) is 15.0. The predicted molar refractivity (Wildman–Crippen MR) is 77.1 cm³/mol. The van der Waals surface area contributed by atoms with E-state index in [1.54, 1.807) is 14.0 Å². The molecule has 9 heteroatoms. The van der Waals surface area contributed by atoms with E-state index in [0.717, 1.165) is 0 Å². The maximum atomic E-state index is 12.0. The van der Waals surface area contributed by atoms with E-state index in [2.05, 4.69) is 21.0 Å². The molecule has 2 aromatic rings. The van der Waals surface area contributed by atoms with Crippen molar-refractivity contribution in [3.05, 3.63) is 53.6 Å². The Morgan fingerprint density at radius 1 is 1.55 bits per heavy atom. The Hall–Kier alpha value is -1.67. The third-order valence-electron chi connectivity index (χ3n) is 2.84. The summed E-state index contributed by atoms with van der Waals surface area (Å²) in [7, 11) is 1.69.